The van der Waals surface area contributed by atoms with Gasteiger partial charge < -0.3 is 14.7 Å². The quantitative estimate of drug-likeness (QED) is 0.490. The van der Waals surface area contributed by atoms with Crippen LogP contribution in [-0.4, -0.2) is 43.9 Å². The van der Waals surface area contributed by atoms with Gasteiger partial charge in [-0.05, 0) is 6.92 Å². The molecule has 13 heavy (non-hydrogen) atoms. The molecule has 1 fully saturated rings. The molecule has 0 aromatic heterocycles. The van der Waals surface area contributed by atoms with Crippen LogP contribution in [-0.2, 0) is 9.53 Å². The van der Waals surface area contributed by atoms with Crippen LogP contribution in [0.4, 0.5) is 0 Å². The molecule has 1 heterocycles. The summed E-state index contributed by atoms with van der Waals surface area (Å²) in [4.78, 5) is 12.6. The number of carbonyl (C=O) groups excluding carboxylic acids is 1. The van der Waals surface area contributed by atoms with Crippen molar-refractivity contribution in [2.24, 2.45) is 5.92 Å². The van der Waals surface area contributed by atoms with Crippen LogP contribution in [0.25, 0.3) is 0 Å². The second kappa shape index (κ2) is 3.64. The van der Waals surface area contributed by atoms with Gasteiger partial charge in [0.1, 0.15) is 5.92 Å². The maximum Gasteiger partial charge on any atom is 0.317 e. The second-order valence-electron chi connectivity index (χ2n) is 4.09. The van der Waals surface area contributed by atoms with E-state index in [0.29, 0.717) is 13.0 Å². The number of hydrogen-bond donors (Lipinski definition) is 2. The summed E-state index contributed by atoms with van der Waals surface area (Å²) in [7, 11) is 3.38. The number of ether oxygens (including phenoxy) is 1. The Bertz CT molecular complexity index is 203. The third-order valence-electron chi connectivity index (χ3n) is 2.85. The molecule has 3 atom stereocenters. The van der Waals surface area contributed by atoms with Gasteiger partial charge in [0, 0.05) is 6.42 Å². The van der Waals surface area contributed by atoms with E-state index in [-0.39, 0.29) is 11.9 Å². The number of esters is 1. The van der Waals surface area contributed by atoms with Crippen molar-refractivity contribution in [1.82, 2.24) is 0 Å². The van der Waals surface area contributed by atoms with Gasteiger partial charge in [0.25, 0.3) is 0 Å². The summed E-state index contributed by atoms with van der Waals surface area (Å²) in [6.45, 7) is 3.27. The van der Waals surface area contributed by atoms with E-state index in [1.165, 1.54) is 12.0 Å². The van der Waals surface area contributed by atoms with Crippen molar-refractivity contribution in [3.05, 3.63) is 0 Å². The number of carbonyl (C=O) groups is 1. The number of nitrogens with one attached hydrogen (secondary N) is 1. The van der Waals surface area contributed by atoms with Crippen LogP contribution in [0.5, 0.6) is 0 Å². The zero-order valence-corrected chi connectivity index (χ0v) is 8.46. The SMILES string of the molecule is COC(=O)[C@H]1C[NH+](C)CC[C@]1(C)O. The summed E-state index contributed by atoms with van der Waals surface area (Å²) in [5.74, 6) is -0.685. The lowest BCUT2D eigenvalue weighted by Gasteiger charge is -2.37. The van der Waals surface area contributed by atoms with E-state index in [0.717, 1.165) is 6.54 Å². The van der Waals surface area contributed by atoms with Crippen LogP contribution in [0.2, 0.25) is 0 Å². The number of piperidine rings is 1. The first-order valence-corrected chi connectivity index (χ1v) is 4.59. The van der Waals surface area contributed by atoms with Crippen molar-refractivity contribution < 1.29 is 19.5 Å². The van der Waals surface area contributed by atoms with E-state index in [1.807, 2.05) is 7.05 Å². The fourth-order valence-electron chi connectivity index (χ4n) is 1.79. The highest BCUT2D eigenvalue weighted by atomic mass is 16.5. The van der Waals surface area contributed by atoms with Gasteiger partial charge >= 0.3 is 5.97 Å². The lowest BCUT2D eigenvalue weighted by molar-refractivity contribution is -0.890. The van der Waals surface area contributed by atoms with Crippen molar-refractivity contribution in [3.63, 3.8) is 0 Å². The molecule has 0 amide bonds. The third kappa shape index (κ3) is 2.19. The molecule has 0 bridgehead atoms. The molecular formula is C9H18NO3+. The molecule has 0 radical (unpaired) electrons. The van der Waals surface area contributed by atoms with Gasteiger partial charge in [0.15, 0.2) is 0 Å². The normalized spacial score (nSPS) is 40.0. The Morgan fingerprint density at radius 2 is 2.31 bits per heavy atom. The largest absolute Gasteiger partial charge is 0.469 e. The van der Waals surface area contributed by atoms with Crippen LogP contribution in [0.3, 0.4) is 0 Å². The Morgan fingerprint density at radius 1 is 1.69 bits per heavy atom. The van der Waals surface area contributed by atoms with Crippen LogP contribution >= 0.6 is 0 Å². The number of likely N-dealkylation sites (tertiary alicyclic amines) is 1. The zero-order chi connectivity index (χ0) is 10.1. The Labute approximate surface area is 78.5 Å². The Balaban J connectivity index is 2.72. The molecule has 1 rings (SSSR count). The van der Waals surface area contributed by atoms with E-state index in [4.69, 9.17) is 0 Å². The first-order chi connectivity index (χ1) is 5.97. The Hall–Kier alpha value is -0.610. The molecule has 1 aliphatic rings. The van der Waals surface area contributed by atoms with Gasteiger partial charge in [-0.15, -0.1) is 0 Å². The van der Waals surface area contributed by atoms with Gasteiger partial charge in [0.2, 0.25) is 0 Å². The predicted octanol–water partition coefficient (Wildman–Crippen LogP) is -1.55. The van der Waals surface area contributed by atoms with Crippen molar-refractivity contribution in [2.45, 2.75) is 18.9 Å². The van der Waals surface area contributed by atoms with Gasteiger partial charge in [-0.2, -0.15) is 0 Å². The predicted molar refractivity (Wildman–Crippen MR) is 47.4 cm³/mol. The molecule has 1 unspecified atom stereocenters. The average molecular weight is 188 g/mol. The summed E-state index contributed by atoms with van der Waals surface area (Å²) < 4.78 is 4.66. The summed E-state index contributed by atoms with van der Waals surface area (Å²) in [6.07, 6.45) is 0.651. The number of rotatable bonds is 1. The number of aliphatic hydroxyl groups is 1. The minimum Gasteiger partial charge on any atom is -0.469 e. The molecule has 2 N–H and O–H groups in total. The molecule has 4 nitrogen and oxygen atoms in total. The van der Waals surface area contributed by atoms with Gasteiger partial charge in [-0.1, -0.05) is 0 Å². The number of hydrogen-bond acceptors (Lipinski definition) is 3. The van der Waals surface area contributed by atoms with E-state index in [2.05, 4.69) is 4.74 Å². The van der Waals surface area contributed by atoms with E-state index < -0.39 is 5.60 Å². The first kappa shape index (κ1) is 10.5. The number of methoxy groups -OCH3 is 1. The fraction of sp³-hybridized carbons (Fsp3) is 0.889. The molecular weight excluding hydrogens is 170 g/mol. The molecule has 1 aliphatic heterocycles. The van der Waals surface area contributed by atoms with Crippen molar-refractivity contribution in [1.29, 1.82) is 0 Å². The molecule has 4 heteroatoms. The van der Waals surface area contributed by atoms with Crippen molar-refractivity contribution in [2.75, 3.05) is 27.2 Å². The van der Waals surface area contributed by atoms with E-state index >= 15 is 0 Å². The fourth-order valence-corrected chi connectivity index (χ4v) is 1.79. The molecule has 1 saturated heterocycles. The molecule has 0 aliphatic carbocycles. The van der Waals surface area contributed by atoms with Crippen molar-refractivity contribution >= 4 is 5.97 Å². The molecule has 0 aromatic rings. The summed E-state index contributed by atoms with van der Waals surface area (Å²) in [5, 5.41) is 9.94. The third-order valence-corrected chi connectivity index (χ3v) is 2.85. The number of quaternary nitrogens is 1. The Kier molecular flexibility index (Phi) is 2.93. The highest BCUT2D eigenvalue weighted by Gasteiger charge is 2.44. The van der Waals surface area contributed by atoms with Gasteiger partial charge in [-0.3, -0.25) is 4.79 Å². The summed E-state index contributed by atoms with van der Waals surface area (Å²) >= 11 is 0. The molecule has 0 aromatic carbocycles. The van der Waals surface area contributed by atoms with E-state index in [9.17, 15) is 9.90 Å². The molecule has 0 spiro atoms. The summed E-state index contributed by atoms with van der Waals surface area (Å²) in [5.41, 5.74) is -0.896. The minimum absolute atomic E-state index is 0.302. The van der Waals surface area contributed by atoms with Crippen LogP contribution < -0.4 is 4.90 Å². The van der Waals surface area contributed by atoms with Crippen LogP contribution in [0, 0.1) is 5.92 Å². The maximum atomic E-state index is 11.3. The lowest BCUT2D eigenvalue weighted by atomic mass is 9.83. The lowest BCUT2D eigenvalue weighted by Crippen LogP contribution is -3.12. The standard InChI is InChI=1S/C9H17NO3/c1-9(12)4-5-10(2)6-7(9)8(11)13-3/h7,12H,4-6H2,1-3H3/p+1/t7-,9+/m1/s1. The van der Waals surface area contributed by atoms with Crippen LogP contribution in [0.1, 0.15) is 13.3 Å². The molecule has 76 valence electrons. The van der Waals surface area contributed by atoms with Crippen molar-refractivity contribution in [3.8, 4) is 0 Å². The highest BCUT2D eigenvalue weighted by Crippen LogP contribution is 2.22. The Morgan fingerprint density at radius 3 is 2.85 bits per heavy atom. The zero-order valence-electron chi connectivity index (χ0n) is 8.46. The second-order valence-corrected chi connectivity index (χ2v) is 4.09. The highest BCUT2D eigenvalue weighted by molar-refractivity contribution is 5.73. The average Bonchev–Trinajstić information content (AvgIpc) is 2.08. The minimum atomic E-state index is -0.896. The topological polar surface area (TPSA) is 51.0 Å². The van der Waals surface area contributed by atoms with Gasteiger partial charge in [0.05, 0.1) is 32.8 Å². The summed E-state index contributed by atoms with van der Waals surface area (Å²) in [6, 6.07) is 0. The first-order valence-electron chi connectivity index (χ1n) is 4.59. The van der Waals surface area contributed by atoms with Gasteiger partial charge in [-0.25, -0.2) is 0 Å². The van der Waals surface area contributed by atoms with Crippen LogP contribution in [0.15, 0.2) is 0 Å². The monoisotopic (exact) mass is 188 g/mol. The molecule has 0 saturated carbocycles. The van der Waals surface area contributed by atoms with E-state index in [1.54, 1.807) is 6.92 Å². The smallest absolute Gasteiger partial charge is 0.317 e. The maximum absolute atomic E-state index is 11.3.